The predicted octanol–water partition coefficient (Wildman–Crippen LogP) is 2.38. The van der Waals surface area contributed by atoms with E-state index in [0.29, 0.717) is 12.6 Å². The SMILES string of the molecule is CCC(C)NC(=NC)NCCCN1C(=O)COc2ccccc21.I. The molecule has 134 valence electrons. The van der Waals surface area contributed by atoms with Crippen LogP contribution >= 0.6 is 24.0 Å². The number of carbonyl (C=O) groups is 1. The highest BCUT2D eigenvalue weighted by atomic mass is 127. The van der Waals surface area contributed by atoms with Crippen LogP contribution in [-0.2, 0) is 4.79 Å². The van der Waals surface area contributed by atoms with Gasteiger partial charge in [0.2, 0.25) is 0 Å². The molecule has 0 aliphatic carbocycles. The highest BCUT2D eigenvalue weighted by Gasteiger charge is 2.24. The Kier molecular flexibility index (Phi) is 8.88. The standard InChI is InChI=1S/C17H26N4O2.HI/c1-4-13(2)20-17(18-3)19-10-7-11-21-14-8-5-6-9-15(14)23-12-16(21)22;/h5-6,8-9,13H,4,7,10-12H2,1-3H3,(H2,18,19,20);1H. The van der Waals surface area contributed by atoms with Crippen molar-refractivity contribution in [2.24, 2.45) is 4.99 Å². The van der Waals surface area contributed by atoms with Crippen LogP contribution in [0, 0.1) is 0 Å². The van der Waals surface area contributed by atoms with Crippen molar-refractivity contribution in [1.82, 2.24) is 10.6 Å². The van der Waals surface area contributed by atoms with Crippen molar-refractivity contribution >= 4 is 41.5 Å². The first kappa shape index (κ1) is 20.5. The van der Waals surface area contributed by atoms with Gasteiger partial charge in [-0.15, -0.1) is 24.0 Å². The zero-order valence-corrected chi connectivity index (χ0v) is 16.9. The molecule has 0 aromatic heterocycles. The van der Waals surface area contributed by atoms with Crippen LogP contribution in [-0.4, -0.2) is 44.7 Å². The molecule has 0 bridgehead atoms. The van der Waals surface area contributed by atoms with E-state index >= 15 is 0 Å². The number of nitrogens with one attached hydrogen (secondary N) is 2. The monoisotopic (exact) mass is 446 g/mol. The topological polar surface area (TPSA) is 66.0 Å². The van der Waals surface area contributed by atoms with E-state index < -0.39 is 0 Å². The van der Waals surface area contributed by atoms with Crippen molar-refractivity contribution in [3.05, 3.63) is 24.3 Å². The maximum atomic E-state index is 12.1. The molecule has 1 aromatic carbocycles. The summed E-state index contributed by atoms with van der Waals surface area (Å²) in [6, 6.07) is 8.03. The fourth-order valence-corrected chi connectivity index (χ4v) is 2.37. The highest BCUT2D eigenvalue weighted by Crippen LogP contribution is 2.31. The molecule has 1 amide bonds. The number of para-hydroxylation sites is 2. The third kappa shape index (κ3) is 5.54. The number of ether oxygens (including phenoxy) is 1. The molecule has 2 N–H and O–H groups in total. The molecular formula is C17H27IN4O2. The van der Waals surface area contributed by atoms with Crippen molar-refractivity contribution in [2.45, 2.75) is 32.7 Å². The second kappa shape index (κ2) is 10.4. The molecule has 1 atom stereocenters. The lowest BCUT2D eigenvalue weighted by Crippen LogP contribution is -2.44. The van der Waals surface area contributed by atoms with Crippen molar-refractivity contribution in [3.8, 4) is 5.75 Å². The van der Waals surface area contributed by atoms with Gasteiger partial charge in [-0.25, -0.2) is 0 Å². The minimum Gasteiger partial charge on any atom is -0.482 e. The van der Waals surface area contributed by atoms with Gasteiger partial charge < -0.3 is 20.3 Å². The second-order valence-electron chi connectivity index (χ2n) is 5.61. The summed E-state index contributed by atoms with van der Waals surface area (Å²) >= 11 is 0. The summed E-state index contributed by atoms with van der Waals surface area (Å²) in [5.41, 5.74) is 0.853. The summed E-state index contributed by atoms with van der Waals surface area (Å²) in [6.07, 6.45) is 1.88. The van der Waals surface area contributed by atoms with Gasteiger partial charge in [0, 0.05) is 26.2 Å². The van der Waals surface area contributed by atoms with Gasteiger partial charge >= 0.3 is 0 Å². The number of aliphatic imine (C=N–C) groups is 1. The van der Waals surface area contributed by atoms with E-state index in [-0.39, 0.29) is 36.5 Å². The molecule has 0 fully saturated rings. The van der Waals surface area contributed by atoms with Gasteiger partial charge in [-0.2, -0.15) is 0 Å². The largest absolute Gasteiger partial charge is 0.482 e. The van der Waals surface area contributed by atoms with Crippen LogP contribution < -0.4 is 20.3 Å². The lowest BCUT2D eigenvalue weighted by Gasteiger charge is -2.29. The van der Waals surface area contributed by atoms with E-state index in [1.807, 2.05) is 24.3 Å². The predicted molar refractivity (Wildman–Crippen MR) is 109 cm³/mol. The first-order chi connectivity index (χ1) is 11.2. The van der Waals surface area contributed by atoms with Crippen LogP contribution in [0.5, 0.6) is 5.75 Å². The number of carbonyl (C=O) groups excluding carboxylic acids is 1. The summed E-state index contributed by atoms with van der Waals surface area (Å²) in [6.45, 7) is 5.78. The molecule has 1 aromatic rings. The van der Waals surface area contributed by atoms with Crippen LogP contribution in [0.4, 0.5) is 5.69 Å². The number of halogens is 1. The third-order valence-corrected chi connectivity index (χ3v) is 3.88. The first-order valence-corrected chi connectivity index (χ1v) is 8.15. The fourth-order valence-electron chi connectivity index (χ4n) is 2.37. The Morgan fingerprint density at radius 3 is 2.88 bits per heavy atom. The zero-order chi connectivity index (χ0) is 16.7. The molecule has 6 nitrogen and oxygen atoms in total. The van der Waals surface area contributed by atoms with Crippen molar-refractivity contribution in [1.29, 1.82) is 0 Å². The summed E-state index contributed by atoms with van der Waals surface area (Å²) in [7, 11) is 1.76. The maximum absolute atomic E-state index is 12.1. The number of benzene rings is 1. The van der Waals surface area contributed by atoms with Crippen molar-refractivity contribution < 1.29 is 9.53 Å². The van der Waals surface area contributed by atoms with Gasteiger partial charge in [-0.3, -0.25) is 9.79 Å². The number of hydrogen-bond donors (Lipinski definition) is 2. The lowest BCUT2D eigenvalue weighted by molar-refractivity contribution is -0.121. The minimum absolute atomic E-state index is 0. The van der Waals surface area contributed by atoms with Crippen molar-refractivity contribution in [3.63, 3.8) is 0 Å². The minimum atomic E-state index is 0. The molecular weight excluding hydrogens is 419 g/mol. The van der Waals surface area contributed by atoms with E-state index in [1.165, 1.54) is 0 Å². The number of anilines is 1. The molecule has 0 spiro atoms. The number of fused-ring (bicyclic) bond motifs is 1. The molecule has 1 aliphatic heterocycles. The summed E-state index contributed by atoms with van der Waals surface area (Å²) in [4.78, 5) is 18.1. The number of nitrogens with zero attached hydrogens (tertiary/aromatic N) is 2. The van der Waals surface area contributed by atoms with Gasteiger partial charge in [0.25, 0.3) is 5.91 Å². The van der Waals surface area contributed by atoms with E-state index in [9.17, 15) is 4.79 Å². The van der Waals surface area contributed by atoms with Crippen LogP contribution in [0.3, 0.4) is 0 Å². The van der Waals surface area contributed by atoms with Crippen LogP contribution in [0.15, 0.2) is 29.3 Å². The molecule has 1 heterocycles. The third-order valence-electron chi connectivity index (χ3n) is 3.88. The molecule has 1 unspecified atom stereocenters. The molecule has 0 saturated carbocycles. The molecule has 24 heavy (non-hydrogen) atoms. The van der Waals surface area contributed by atoms with Crippen LogP contribution in [0.25, 0.3) is 0 Å². The number of rotatable bonds is 6. The molecule has 0 radical (unpaired) electrons. The molecule has 1 aliphatic rings. The molecule has 0 saturated heterocycles. The Morgan fingerprint density at radius 1 is 1.42 bits per heavy atom. The van der Waals surface area contributed by atoms with Crippen LogP contribution in [0.2, 0.25) is 0 Å². The van der Waals surface area contributed by atoms with Crippen molar-refractivity contribution in [2.75, 3.05) is 31.6 Å². The number of hydrogen-bond acceptors (Lipinski definition) is 3. The van der Waals surface area contributed by atoms with E-state index in [1.54, 1.807) is 11.9 Å². The number of amides is 1. The van der Waals surface area contributed by atoms with Gasteiger partial charge in [0.15, 0.2) is 12.6 Å². The summed E-state index contributed by atoms with van der Waals surface area (Å²) in [5, 5.41) is 6.60. The van der Waals surface area contributed by atoms with Gasteiger partial charge in [-0.05, 0) is 31.9 Å². The van der Waals surface area contributed by atoms with Gasteiger partial charge in [0.1, 0.15) is 5.75 Å². The van der Waals surface area contributed by atoms with Crippen LogP contribution in [0.1, 0.15) is 26.7 Å². The molecule has 7 heteroatoms. The first-order valence-electron chi connectivity index (χ1n) is 8.15. The van der Waals surface area contributed by atoms with Gasteiger partial charge in [0.05, 0.1) is 5.69 Å². The summed E-state index contributed by atoms with van der Waals surface area (Å²) < 4.78 is 5.45. The molecule has 2 rings (SSSR count). The number of guanidine groups is 1. The fraction of sp³-hybridized carbons (Fsp3) is 0.529. The Balaban J connectivity index is 0.00000288. The highest BCUT2D eigenvalue weighted by molar-refractivity contribution is 14.0. The Labute approximate surface area is 161 Å². The Morgan fingerprint density at radius 2 is 2.17 bits per heavy atom. The van der Waals surface area contributed by atoms with E-state index in [0.717, 1.165) is 36.8 Å². The Bertz CT molecular complexity index is 565. The maximum Gasteiger partial charge on any atom is 0.265 e. The normalized spacial score (nSPS) is 15.0. The van der Waals surface area contributed by atoms with E-state index in [4.69, 9.17) is 4.74 Å². The van der Waals surface area contributed by atoms with E-state index in [2.05, 4.69) is 29.5 Å². The smallest absolute Gasteiger partial charge is 0.265 e. The Hall–Kier alpha value is -1.51. The van der Waals surface area contributed by atoms with Gasteiger partial charge in [-0.1, -0.05) is 19.1 Å². The lowest BCUT2D eigenvalue weighted by atomic mass is 10.2. The average molecular weight is 446 g/mol. The summed E-state index contributed by atoms with van der Waals surface area (Å²) in [5.74, 6) is 1.58. The zero-order valence-electron chi connectivity index (χ0n) is 14.5. The second-order valence-corrected chi connectivity index (χ2v) is 5.61. The quantitative estimate of drug-likeness (QED) is 0.305. The average Bonchev–Trinajstić information content (AvgIpc) is 2.58.